The summed E-state index contributed by atoms with van der Waals surface area (Å²) < 4.78 is 0. The number of benzene rings is 1. The lowest BCUT2D eigenvalue weighted by molar-refractivity contribution is 0.589. The summed E-state index contributed by atoms with van der Waals surface area (Å²) in [5.41, 5.74) is 3.88. The highest BCUT2D eigenvalue weighted by atomic mass is 15.0. The summed E-state index contributed by atoms with van der Waals surface area (Å²) in [7, 11) is 1.90. The molecule has 1 aliphatic rings. The minimum Gasteiger partial charge on any atom is -0.373 e. The van der Waals surface area contributed by atoms with Gasteiger partial charge in [0.25, 0.3) is 0 Å². The first-order valence-corrected chi connectivity index (χ1v) is 6.89. The molecule has 2 aromatic rings. The third-order valence-corrected chi connectivity index (χ3v) is 3.81. The fourth-order valence-corrected chi connectivity index (χ4v) is 2.90. The van der Waals surface area contributed by atoms with E-state index in [0.717, 1.165) is 23.8 Å². The number of aryl methyl sites for hydroxylation is 2. The van der Waals surface area contributed by atoms with Gasteiger partial charge in [-0.1, -0.05) is 24.3 Å². The van der Waals surface area contributed by atoms with Crippen molar-refractivity contribution in [3.63, 3.8) is 0 Å². The van der Waals surface area contributed by atoms with Gasteiger partial charge in [-0.2, -0.15) is 0 Å². The zero-order chi connectivity index (χ0) is 13.2. The Hall–Kier alpha value is -1.90. The Morgan fingerprint density at radius 1 is 1.21 bits per heavy atom. The standard InChI is InChI=1S/C16H19N3/c1-11-10-15(17-2)19-16(18-11)14-9-5-7-12-6-3-4-8-13(12)14/h3-4,6,8,10,14H,5,7,9H2,1-2H3,(H,17,18,19). The van der Waals surface area contributed by atoms with Gasteiger partial charge in [-0.15, -0.1) is 0 Å². The van der Waals surface area contributed by atoms with E-state index < -0.39 is 0 Å². The maximum atomic E-state index is 4.65. The number of nitrogens with zero attached hydrogens (tertiary/aromatic N) is 2. The van der Waals surface area contributed by atoms with Crippen molar-refractivity contribution in [1.82, 2.24) is 9.97 Å². The monoisotopic (exact) mass is 253 g/mol. The molecule has 0 saturated carbocycles. The lowest BCUT2D eigenvalue weighted by Crippen LogP contribution is -2.14. The summed E-state index contributed by atoms with van der Waals surface area (Å²) in [6.07, 6.45) is 3.54. The molecule has 1 aromatic heterocycles. The van der Waals surface area contributed by atoms with Gasteiger partial charge in [-0.25, -0.2) is 9.97 Å². The minimum atomic E-state index is 0.344. The predicted octanol–water partition coefficient (Wildman–Crippen LogP) is 3.29. The fourth-order valence-electron chi connectivity index (χ4n) is 2.90. The Bertz CT molecular complexity index is 592. The van der Waals surface area contributed by atoms with Crippen molar-refractivity contribution in [2.24, 2.45) is 0 Å². The van der Waals surface area contributed by atoms with Crippen LogP contribution in [0.25, 0.3) is 0 Å². The second-order valence-corrected chi connectivity index (χ2v) is 5.15. The van der Waals surface area contributed by atoms with Crippen LogP contribution in [0.5, 0.6) is 0 Å². The van der Waals surface area contributed by atoms with Crippen LogP contribution in [-0.2, 0) is 6.42 Å². The highest BCUT2D eigenvalue weighted by molar-refractivity contribution is 5.40. The molecular formula is C16H19N3. The Labute approximate surface area is 114 Å². The molecule has 0 radical (unpaired) electrons. The summed E-state index contributed by atoms with van der Waals surface area (Å²) in [4.78, 5) is 9.31. The first kappa shape index (κ1) is 12.2. The van der Waals surface area contributed by atoms with Gasteiger partial charge in [0.1, 0.15) is 11.6 Å². The van der Waals surface area contributed by atoms with Gasteiger partial charge in [0.2, 0.25) is 0 Å². The maximum absolute atomic E-state index is 4.65. The average Bonchev–Trinajstić information content (AvgIpc) is 2.46. The molecular weight excluding hydrogens is 234 g/mol. The van der Waals surface area contributed by atoms with E-state index in [9.17, 15) is 0 Å². The molecule has 0 spiro atoms. The molecule has 0 amide bonds. The Balaban J connectivity index is 2.06. The molecule has 1 unspecified atom stereocenters. The molecule has 0 aliphatic heterocycles. The third kappa shape index (κ3) is 2.33. The van der Waals surface area contributed by atoms with E-state index in [1.54, 1.807) is 0 Å². The Kier molecular flexibility index (Phi) is 3.20. The van der Waals surface area contributed by atoms with Gasteiger partial charge in [-0.05, 0) is 37.3 Å². The van der Waals surface area contributed by atoms with E-state index in [1.807, 2.05) is 20.0 Å². The number of aromatic nitrogens is 2. The molecule has 0 saturated heterocycles. The van der Waals surface area contributed by atoms with Crippen LogP contribution >= 0.6 is 0 Å². The van der Waals surface area contributed by atoms with Crippen LogP contribution in [0.2, 0.25) is 0 Å². The first-order valence-electron chi connectivity index (χ1n) is 6.89. The molecule has 0 bridgehead atoms. The minimum absolute atomic E-state index is 0.344. The van der Waals surface area contributed by atoms with E-state index in [2.05, 4.69) is 39.6 Å². The van der Waals surface area contributed by atoms with Crippen LogP contribution in [0.15, 0.2) is 30.3 Å². The van der Waals surface area contributed by atoms with Crippen LogP contribution in [0.4, 0.5) is 5.82 Å². The number of nitrogens with one attached hydrogen (secondary N) is 1. The lowest BCUT2D eigenvalue weighted by Gasteiger charge is -2.24. The van der Waals surface area contributed by atoms with E-state index in [0.29, 0.717) is 5.92 Å². The summed E-state index contributed by atoms with van der Waals surface area (Å²) in [5.74, 6) is 2.21. The fraction of sp³-hybridized carbons (Fsp3) is 0.375. The van der Waals surface area contributed by atoms with Crippen LogP contribution in [0.1, 0.15) is 41.4 Å². The molecule has 1 atom stereocenters. The van der Waals surface area contributed by atoms with Gasteiger partial charge in [0.05, 0.1) is 0 Å². The molecule has 1 N–H and O–H groups in total. The zero-order valence-electron chi connectivity index (χ0n) is 11.5. The van der Waals surface area contributed by atoms with Crippen molar-refractivity contribution in [2.75, 3.05) is 12.4 Å². The molecule has 98 valence electrons. The number of fused-ring (bicyclic) bond motifs is 1. The topological polar surface area (TPSA) is 37.8 Å². The van der Waals surface area contributed by atoms with Gasteiger partial charge < -0.3 is 5.32 Å². The average molecular weight is 253 g/mol. The molecule has 3 nitrogen and oxygen atoms in total. The summed E-state index contributed by atoms with van der Waals surface area (Å²) in [6.45, 7) is 2.03. The highest BCUT2D eigenvalue weighted by Gasteiger charge is 2.24. The predicted molar refractivity (Wildman–Crippen MR) is 77.5 cm³/mol. The third-order valence-electron chi connectivity index (χ3n) is 3.81. The van der Waals surface area contributed by atoms with E-state index in [-0.39, 0.29) is 0 Å². The first-order chi connectivity index (χ1) is 9.28. The van der Waals surface area contributed by atoms with Crippen molar-refractivity contribution in [1.29, 1.82) is 0 Å². The van der Waals surface area contributed by atoms with Crippen molar-refractivity contribution in [2.45, 2.75) is 32.1 Å². The van der Waals surface area contributed by atoms with Gasteiger partial charge >= 0.3 is 0 Å². The molecule has 19 heavy (non-hydrogen) atoms. The normalized spacial score (nSPS) is 17.9. The van der Waals surface area contributed by atoms with Crippen molar-refractivity contribution in [3.8, 4) is 0 Å². The van der Waals surface area contributed by atoms with Crippen molar-refractivity contribution < 1.29 is 0 Å². The molecule has 3 heteroatoms. The molecule has 0 fully saturated rings. The summed E-state index contributed by atoms with van der Waals surface area (Å²) in [5, 5.41) is 3.12. The van der Waals surface area contributed by atoms with Gasteiger partial charge in [0.15, 0.2) is 0 Å². The van der Waals surface area contributed by atoms with Crippen LogP contribution in [0.3, 0.4) is 0 Å². The molecule has 3 rings (SSSR count). The van der Waals surface area contributed by atoms with E-state index in [1.165, 1.54) is 24.0 Å². The Morgan fingerprint density at radius 2 is 2.05 bits per heavy atom. The summed E-state index contributed by atoms with van der Waals surface area (Å²) >= 11 is 0. The molecule has 1 aliphatic carbocycles. The quantitative estimate of drug-likeness (QED) is 0.892. The van der Waals surface area contributed by atoms with E-state index in [4.69, 9.17) is 0 Å². The van der Waals surface area contributed by atoms with Crippen LogP contribution in [-0.4, -0.2) is 17.0 Å². The van der Waals surface area contributed by atoms with Crippen LogP contribution in [0, 0.1) is 6.92 Å². The largest absolute Gasteiger partial charge is 0.373 e. The van der Waals surface area contributed by atoms with E-state index >= 15 is 0 Å². The number of anilines is 1. The van der Waals surface area contributed by atoms with Crippen molar-refractivity contribution in [3.05, 3.63) is 53.0 Å². The van der Waals surface area contributed by atoms with Crippen LogP contribution < -0.4 is 5.32 Å². The smallest absolute Gasteiger partial charge is 0.138 e. The van der Waals surface area contributed by atoms with Crippen molar-refractivity contribution >= 4 is 5.82 Å². The number of hydrogen-bond donors (Lipinski definition) is 1. The zero-order valence-corrected chi connectivity index (χ0v) is 11.5. The number of hydrogen-bond acceptors (Lipinski definition) is 3. The van der Waals surface area contributed by atoms with Gasteiger partial charge in [0, 0.05) is 24.7 Å². The SMILES string of the molecule is CNc1cc(C)nc(C2CCCc3ccccc32)n1. The summed E-state index contributed by atoms with van der Waals surface area (Å²) in [6, 6.07) is 10.7. The maximum Gasteiger partial charge on any atom is 0.138 e. The molecule has 1 heterocycles. The highest BCUT2D eigenvalue weighted by Crippen LogP contribution is 2.35. The Morgan fingerprint density at radius 3 is 2.89 bits per heavy atom. The lowest BCUT2D eigenvalue weighted by atomic mass is 9.82. The second-order valence-electron chi connectivity index (χ2n) is 5.15. The second kappa shape index (κ2) is 5.00. The number of rotatable bonds is 2. The van der Waals surface area contributed by atoms with Gasteiger partial charge in [-0.3, -0.25) is 0 Å². The molecule has 1 aromatic carbocycles.